The van der Waals surface area contributed by atoms with Crippen molar-refractivity contribution in [3.63, 3.8) is 0 Å². The quantitative estimate of drug-likeness (QED) is 0.539. The highest BCUT2D eigenvalue weighted by atomic mass is 35.5. The molecule has 0 spiro atoms. The lowest BCUT2D eigenvalue weighted by Crippen LogP contribution is -2.41. The van der Waals surface area contributed by atoms with E-state index in [2.05, 4.69) is 15.3 Å². The minimum Gasteiger partial charge on any atom is -0.396 e. The molecule has 3 fully saturated rings. The fourth-order valence-corrected chi connectivity index (χ4v) is 6.84. The van der Waals surface area contributed by atoms with Crippen LogP contribution < -0.4 is 5.32 Å². The summed E-state index contributed by atoms with van der Waals surface area (Å²) in [6.45, 7) is 3.74. The van der Waals surface area contributed by atoms with Gasteiger partial charge in [0.2, 0.25) is 0 Å². The zero-order chi connectivity index (χ0) is 21.2. The highest BCUT2D eigenvalue weighted by Gasteiger charge is 2.57. The third kappa shape index (κ3) is 2.82. The lowest BCUT2D eigenvalue weighted by atomic mass is 9.75. The molecule has 3 saturated carbocycles. The van der Waals surface area contributed by atoms with E-state index in [1.54, 1.807) is 12.4 Å². The van der Waals surface area contributed by atoms with Gasteiger partial charge in [-0.2, -0.15) is 0 Å². The summed E-state index contributed by atoms with van der Waals surface area (Å²) >= 11 is 6.39. The number of aliphatic hydroxyl groups is 3. The molecule has 4 unspecified atom stereocenters. The molecule has 0 aromatic carbocycles. The normalized spacial score (nSPS) is 40.5. The van der Waals surface area contributed by atoms with Gasteiger partial charge >= 0.3 is 0 Å². The summed E-state index contributed by atoms with van der Waals surface area (Å²) < 4.78 is 1.90. The van der Waals surface area contributed by atoms with Crippen LogP contribution >= 0.6 is 11.6 Å². The van der Waals surface area contributed by atoms with Gasteiger partial charge in [-0.1, -0.05) is 31.9 Å². The Bertz CT molecular complexity index is 946. The zero-order valence-electron chi connectivity index (χ0n) is 17.5. The van der Waals surface area contributed by atoms with E-state index in [1.807, 2.05) is 18.4 Å². The summed E-state index contributed by atoms with van der Waals surface area (Å²) in [4.78, 5) is 9.15. The fraction of sp³-hybridized carbons (Fsp3) is 0.727. The monoisotopic (exact) mass is 434 g/mol. The van der Waals surface area contributed by atoms with Crippen molar-refractivity contribution >= 4 is 28.5 Å². The molecule has 8 heteroatoms. The highest BCUT2D eigenvalue weighted by Crippen LogP contribution is 2.52. The molecular weight excluding hydrogens is 404 g/mol. The van der Waals surface area contributed by atoms with E-state index in [0.717, 1.165) is 17.0 Å². The second kappa shape index (κ2) is 7.33. The maximum atomic E-state index is 10.9. The Morgan fingerprint density at radius 2 is 2.10 bits per heavy atom. The van der Waals surface area contributed by atoms with Gasteiger partial charge in [-0.15, -0.1) is 0 Å². The van der Waals surface area contributed by atoms with Crippen LogP contribution in [0.3, 0.4) is 0 Å². The number of anilines is 1. The van der Waals surface area contributed by atoms with Gasteiger partial charge in [-0.3, -0.25) is 0 Å². The molecule has 164 valence electrons. The number of hydrogen-bond acceptors (Lipinski definition) is 6. The topological polar surface area (TPSA) is 103 Å². The first-order valence-electron chi connectivity index (χ1n) is 11.2. The minimum absolute atomic E-state index is 0.149. The highest BCUT2D eigenvalue weighted by molar-refractivity contribution is 6.30. The molecule has 0 radical (unpaired) electrons. The number of hydrogen-bond donors (Lipinski definition) is 4. The molecule has 2 aromatic heterocycles. The van der Waals surface area contributed by atoms with Crippen LogP contribution in [0, 0.1) is 23.2 Å². The van der Waals surface area contributed by atoms with E-state index >= 15 is 0 Å². The number of nitrogens with zero attached hydrogens (tertiary/aromatic N) is 3. The average molecular weight is 435 g/mol. The van der Waals surface area contributed by atoms with Gasteiger partial charge in [0.15, 0.2) is 5.82 Å². The molecule has 0 saturated heterocycles. The summed E-state index contributed by atoms with van der Waals surface area (Å²) in [6.07, 6.45) is 5.33. The van der Waals surface area contributed by atoms with Gasteiger partial charge in [0.1, 0.15) is 16.8 Å². The van der Waals surface area contributed by atoms with Crippen molar-refractivity contribution in [1.82, 2.24) is 14.5 Å². The van der Waals surface area contributed by atoms with E-state index in [4.69, 9.17) is 11.6 Å². The fourth-order valence-electron chi connectivity index (χ4n) is 6.65. The van der Waals surface area contributed by atoms with E-state index < -0.39 is 23.7 Å². The summed E-state index contributed by atoms with van der Waals surface area (Å²) in [6, 6.07) is 1.76. The molecule has 3 aliphatic carbocycles. The Kier molecular flexibility index (Phi) is 5.01. The van der Waals surface area contributed by atoms with Gasteiger partial charge in [0, 0.05) is 17.5 Å². The van der Waals surface area contributed by atoms with Gasteiger partial charge in [0.05, 0.1) is 30.6 Å². The van der Waals surface area contributed by atoms with E-state index in [0.29, 0.717) is 29.4 Å². The SMILES string of the molecule is CCC1(CO)[C@H](C)[C@@H](n2cnc3c(NC4CC5CCC4C5)nc(Cl)cc32)[C@H](O)[C@@H]1O. The second-order valence-electron chi connectivity index (χ2n) is 9.70. The Morgan fingerprint density at radius 3 is 2.70 bits per heavy atom. The largest absolute Gasteiger partial charge is 0.396 e. The summed E-state index contributed by atoms with van der Waals surface area (Å²) in [5.41, 5.74) is 0.768. The van der Waals surface area contributed by atoms with Crippen molar-refractivity contribution in [1.29, 1.82) is 0 Å². The van der Waals surface area contributed by atoms with Crippen molar-refractivity contribution < 1.29 is 15.3 Å². The Labute approximate surface area is 181 Å². The summed E-state index contributed by atoms with van der Waals surface area (Å²) in [5, 5.41) is 35.8. The van der Waals surface area contributed by atoms with Crippen LogP contribution in [-0.4, -0.2) is 54.7 Å². The molecule has 3 aliphatic rings. The summed E-state index contributed by atoms with van der Waals surface area (Å²) in [5.74, 6) is 2.05. The van der Waals surface area contributed by atoms with Crippen LogP contribution in [0.5, 0.6) is 0 Å². The number of aromatic nitrogens is 3. The number of imidazole rings is 1. The third-order valence-electron chi connectivity index (χ3n) is 8.55. The Morgan fingerprint density at radius 1 is 1.30 bits per heavy atom. The molecule has 0 aliphatic heterocycles. The number of aliphatic hydroxyl groups excluding tert-OH is 3. The molecule has 2 heterocycles. The first-order valence-corrected chi connectivity index (χ1v) is 11.5. The van der Waals surface area contributed by atoms with Crippen molar-refractivity contribution in [2.24, 2.45) is 23.2 Å². The standard InChI is InChI=1S/C22H31ClN4O3/c1-3-22(9-28)11(2)18(19(29)20(22)30)27-10-24-17-15(27)8-16(23)26-21(17)25-14-7-12-4-5-13(14)6-12/h8,10-14,18-20,28-30H,3-7,9H2,1-2H3,(H,25,26)/t11-,12?,13?,14?,18-,19+,20+,22?/m1/s1. The second-order valence-corrected chi connectivity index (χ2v) is 10.1. The predicted octanol–water partition coefficient (Wildman–Crippen LogP) is 2.99. The Balaban J connectivity index is 1.53. The van der Waals surface area contributed by atoms with Crippen LogP contribution in [0.15, 0.2) is 12.4 Å². The molecule has 2 aromatic rings. The number of nitrogens with one attached hydrogen (secondary N) is 1. The first-order chi connectivity index (χ1) is 14.4. The smallest absolute Gasteiger partial charge is 0.156 e. The van der Waals surface area contributed by atoms with E-state index in [-0.39, 0.29) is 12.5 Å². The van der Waals surface area contributed by atoms with Gasteiger partial charge in [-0.05, 0) is 43.4 Å². The van der Waals surface area contributed by atoms with Crippen LogP contribution in [0.4, 0.5) is 5.82 Å². The molecule has 0 amide bonds. The van der Waals surface area contributed by atoms with Crippen molar-refractivity contribution in [2.45, 2.75) is 70.2 Å². The lowest BCUT2D eigenvalue weighted by molar-refractivity contribution is -0.0584. The summed E-state index contributed by atoms with van der Waals surface area (Å²) in [7, 11) is 0. The van der Waals surface area contributed by atoms with Crippen molar-refractivity contribution in [2.75, 3.05) is 11.9 Å². The van der Waals surface area contributed by atoms with E-state index in [1.165, 1.54) is 25.7 Å². The number of pyridine rings is 1. The molecular formula is C22H31ClN4O3. The maximum absolute atomic E-state index is 10.9. The van der Waals surface area contributed by atoms with Gasteiger partial charge < -0.3 is 25.2 Å². The first kappa shape index (κ1) is 20.5. The number of halogens is 1. The van der Waals surface area contributed by atoms with Crippen molar-refractivity contribution in [3.05, 3.63) is 17.5 Å². The lowest BCUT2D eigenvalue weighted by Gasteiger charge is -2.34. The molecule has 7 nitrogen and oxygen atoms in total. The maximum Gasteiger partial charge on any atom is 0.156 e. The number of fused-ring (bicyclic) bond motifs is 3. The van der Waals surface area contributed by atoms with Crippen molar-refractivity contribution in [3.8, 4) is 0 Å². The zero-order valence-corrected chi connectivity index (χ0v) is 18.3. The molecule has 30 heavy (non-hydrogen) atoms. The average Bonchev–Trinajstić information content (AvgIpc) is 3.48. The molecule has 2 bridgehead atoms. The number of rotatable bonds is 5. The molecule has 8 atom stereocenters. The van der Waals surface area contributed by atoms with Crippen LogP contribution in [0.2, 0.25) is 5.15 Å². The Hall–Kier alpha value is -1.41. The van der Waals surface area contributed by atoms with Gasteiger partial charge in [0.25, 0.3) is 0 Å². The van der Waals surface area contributed by atoms with E-state index in [9.17, 15) is 15.3 Å². The van der Waals surface area contributed by atoms with Crippen LogP contribution in [0.25, 0.3) is 11.0 Å². The predicted molar refractivity (Wildman–Crippen MR) is 115 cm³/mol. The van der Waals surface area contributed by atoms with Crippen LogP contribution in [0.1, 0.15) is 52.0 Å². The van der Waals surface area contributed by atoms with Gasteiger partial charge in [-0.25, -0.2) is 9.97 Å². The third-order valence-corrected chi connectivity index (χ3v) is 8.74. The molecule has 5 rings (SSSR count). The molecule has 4 N–H and O–H groups in total. The van der Waals surface area contributed by atoms with Crippen LogP contribution in [-0.2, 0) is 0 Å². The minimum atomic E-state index is -1.01.